The van der Waals surface area contributed by atoms with Crippen LogP contribution in [0, 0.1) is 5.92 Å². The van der Waals surface area contributed by atoms with Crippen molar-refractivity contribution in [3.05, 3.63) is 28.2 Å². The van der Waals surface area contributed by atoms with Gasteiger partial charge in [-0.05, 0) is 18.2 Å². The maximum absolute atomic E-state index is 11.9. The molecule has 1 aliphatic heterocycles. The Bertz CT molecular complexity index is 448. The largest absolute Gasteiger partial charge is 0.368 e. The molecule has 0 radical (unpaired) electrons. The molecule has 5 heteroatoms. The first-order valence-corrected chi connectivity index (χ1v) is 7.23. The van der Waals surface area contributed by atoms with Crippen LogP contribution in [0.1, 0.15) is 13.8 Å². The van der Waals surface area contributed by atoms with Crippen LogP contribution in [0.15, 0.2) is 18.2 Å². The van der Waals surface area contributed by atoms with Crippen LogP contribution in [-0.2, 0) is 4.79 Å². The van der Waals surface area contributed by atoms with Gasteiger partial charge in [0.15, 0.2) is 0 Å². The predicted molar refractivity (Wildman–Crippen MR) is 80.1 cm³/mol. The fourth-order valence-electron chi connectivity index (χ4n) is 2.27. The molecule has 0 saturated carbocycles. The van der Waals surface area contributed by atoms with Crippen LogP contribution in [0.3, 0.4) is 0 Å². The smallest absolute Gasteiger partial charge is 0.225 e. The number of rotatable bonds is 2. The minimum Gasteiger partial charge on any atom is -0.368 e. The van der Waals surface area contributed by atoms with Gasteiger partial charge >= 0.3 is 0 Å². The van der Waals surface area contributed by atoms with E-state index in [1.165, 1.54) is 0 Å². The molecule has 1 heterocycles. The zero-order chi connectivity index (χ0) is 14.0. The average molecular weight is 301 g/mol. The van der Waals surface area contributed by atoms with E-state index in [0.717, 1.165) is 31.9 Å². The second-order valence-electron chi connectivity index (χ2n) is 5.09. The minimum atomic E-state index is 0.0622. The highest BCUT2D eigenvalue weighted by Gasteiger charge is 2.23. The van der Waals surface area contributed by atoms with Gasteiger partial charge in [-0.2, -0.15) is 0 Å². The molecule has 0 spiro atoms. The van der Waals surface area contributed by atoms with E-state index in [-0.39, 0.29) is 11.8 Å². The quantitative estimate of drug-likeness (QED) is 0.837. The molecule has 0 aromatic heterocycles. The summed E-state index contributed by atoms with van der Waals surface area (Å²) >= 11 is 12.0. The van der Waals surface area contributed by atoms with Gasteiger partial charge in [-0.3, -0.25) is 4.79 Å². The highest BCUT2D eigenvalue weighted by molar-refractivity contribution is 6.35. The van der Waals surface area contributed by atoms with Crippen LogP contribution in [-0.4, -0.2) is 37.0 Å². The minimum absolute atomic E-state index is 0.0622. The average Bonchev–Trinajstić information content (AvgIpc) is 2.37. The van der Waals surface area contributed by atoms with Gasteiger partial charge in [-0.1, -0.05) is 37.0 Å². The van der Waals surface area contributed by atoms with Gasteiger partial charge in [0.25, 0.3) is 0 Å². The summed E-state index contributed by atoms with van der Waals surface area (Å²) in [7, 11) is 0. The normalized spacial score (nSPS) is 16.1. The number of hydrogen-bond donors (Lipinski definition) is 0. The fraction of sp³-hybridized carbons (Fsp3) is 0.500. The molecule has 3 nitrogen and oxygen atoms in total. The van der Waals surface area contributed by atoms with Crippen molar-refractivity contribution in [2.75, 3.05) is 31.1 Å². The first-order chi connectivity index (χ1) is 8.97. The molecule has 0 N–H and O–H groups in total. The third-order valence-electron chi connectivity index (χ3n) is 3.30. The Kier molecular flexibility index (Phi) is 4.58. The van der Waals surface area contributed by atoms with Crippen molar-refractivity contribution < 1.29 is 4.79 Å². The van der Waals surface area contributed by atoms with Crippen molar-refractivity contribution in [3.63, 3.8) is 0 Å². The second-order valence-corrected chi connectivity index (χ2v) is 5.97. The summed E-state index contributed by atoms with van der Waals surface area (Å²) in [6.07, 6.45) is 0. The van der Waals surface area contributed by atoms with E-state index in [2.05, 4.69) is 4.90 Å². The molecule has 0 bridgehead atoms. The molecule has 0 aliphatic carbocycles. The molecule has 0 atom stereocenters. The number of nitrogens with zero attached hydrogens (tertiary/aromatic N) is 2. The molecule has 19 heavy (non-hydrogen) atoms. The third kappa shape index (κ3) is 3.54. The van der Waals surface area contributed by atoms with Crippen molar-refractivity contribution in [2.24, 2.45) is 5.92 Å². The lowest BCUT2D eigenvalue weighted by Crippen LogP contribution is -2.49. The van der Waals surface area contributed by atoms with Gasteiger partial charge in [0.2, 0.25) is 5.91 Å². The van der Waals surface area contributed by atoms with E-state index >= 15 is 0 Å². The van der Waals surface area contributed by atoms with Crippen molar-refractivity contribution in [3.8, 4) is 0 Å². The number of carbonyl (C=O) groups is 1. The summed E-state index contributed by atoms with van der Waals surface area (Å²) in [6.45, 7) is 7.00. The summed E-state index contributed by atoms with van der Waals surface area (Å²) in [6, 6.07) is 5.55. The summed E-state index contributed by atoms with van der Waals surface area (Å²) in [5, 5.41) is 1.28. The molecule has 0 unspecified atom stereocenters. The van der Waals surface area contributed by atoms with Gasteiger partial charge in [0.1, 0.15) is 0 Å². The number of amides is 1. The standard InChI is InChI=1S/C14H18Cl2N2O/c1-10(2)14(19)18-5-3-17(4-6-18)13-8-11(15)7-12(16)9-13/h7-10H,3-6H2,1-2H3. The molecule has 2 rings (SSSR count). The topological polar surface area (TPSA) is 23.6 Å². The second kappa shape index (κ2) is 6.02. The van der Waals surface area contributed by atoms with Gasteiger partial charge < -0.3 is 9.80 Å². The highest BCUT2D eigenvalue weighted by Crippen LogP contribution is 2.26. The van der Waals surface area contributed by atoms with E-state index in [9.17, 15) is 4.79 Å². The third-order valence-corrected chi connectivity index (χ3v) is 3.73. The number of halogens is 2. The summed E-state index contributed by atoms with van der Waals surface area (Å²) < 4.78 is 0. The number of carbonyl (C=O) groups excluding carboxylic acids is 1. The Hall–Kier alpha value is -0.930. The molecule has 1 fully saturated rings. The maximum atomic E-state index is 11.9. The lowest BCUT2D eigenvalue weighted by Gasteiger charge is -2.37. The van der Waals surface area contributed by atoms with E-state index in [0.29, 0.717) is 10.0 Å². The number of piperazine rings is 1. The Labute approximate surface area is 124 Å². The molecule has 104 valence electrons. The van der Waals surface area contributed by atoms with Gasteiger partial charge in [0, 0.05) is 47.8 Å². The summed E-state index contributed by atoms with van der Waals surface area (Å²) in [5.41, 5.74) is 1.02. The van der Waals surface area contributed by atoms with Crippen LogP contribution in [0.5, 0.6) is 0 Å². The first kappa shape index (κ1) is 14.5. The van der Waals surface area contributed by atoms with Crippen molar-refractivity contribution in [1.82, 2.24) is 4.90 Å². The zero-order valence-electron chi connectivity index (χ0n) is 11.2. The maximum Gasteiger partial charge on any atom is 0.225 e. The Morgan fingerprint density at radius 2 is 1.58 bits per heavy atom. The monoisotopic (exact) mass is 300 g/mol. The fourth-order valence-corrected chi connectivity index (χ4v) is 2.79. The molecular formula is C14H18Cl2N2O. The Balaban J connectivity index is 2.01. The van der Waals surface area contributed by atoms with Crippen molar-refractivity contribution in [2.45, 2.75) is 13.8 Å². The van der Waals surface area contributed by atoms with Gasteiger partial charge in [0.05, 0.1) is 0 Å². The Morgan fingerprint density at radius 1 is 1.05 bits per heavy atom. The van der Waals surface area contributed by atoms with E-state index in [1.807, 2.05) is 30.9 Å². The van der Waals surface area contributed by atoms with Crippen molar-refractivity contribution in [1.29, 1.82) is 0 Å². The van der Waals surface area contributed by atoms with E-state index in [1.54, 1.807) is 6.07 Å². The van der Waals surface area contributed by atoms with Gasteiger partial charge in [-0.15, -0.1) is 0 Å². The molecule has 1 amide bonds. The van der Waals surface area contributed by atoms with Crippen LogP contribution in [0.2, 0.25) is 10.0 Å². The van der Waals surface area contributed by atoms with E-state index in [4.69, 9.17) is 23.2 Å². The lowest BCUT2D eigenvalue weighted by atomic mass is 10.1. The Morgan fingerprint density at radius 3 is 2.05 bits per heavy atom. The molecule has 1 aliphatic rings. The van der Waals surface area contributed by atoms with Crippen LogP contribution in [0.25, 0.3) is 0 Å². The van der Waals surface area contributed by atoms with Crippen LogP contribution >= 0.6 is 23.2 Å². The predicted octanol–water partition coefficient (Wildman–Crippen LogP) is 3.30. The van der Waals surface area contributed by atoms with E-state index < -0.39 is 0 Å². The molecule has 1 aromatic carbocycles. The molecule has 1 aromatic rings. The number of benzene rings is 1. The molecule has 1 saturated heterocycles. The van der Waals surface area contributed by atoms with Crippen LogP contribution in [0.4, 0.5) is 5.69 Å². The summed E-state index contributed by atoms with van der Waals surface area (Å²) in [5.74, 6) is 0.288. The summed E-state index contributed by atoms with van der Waals surface area (Å²) in [4.78, 5) is 16.0. The lowest BCUT2D eigenvalue weighted by molar-refractivity contribution is -0.134. The SMILES string of the molecule is CC(C)C(=O)N1CCN(c2cc(Cl)cc(Cl)c2)CC1. The molecular weight excluding hydrogens is 283 g/mol. The highest BCUT2D eigenvalue weighted by atomic mass is 35.5. The first-order valence-electron chi connectivity index (χ1n) is 6.47. The van der Waals surface area contributed by atoms with Crippen LogP contribution < -0.4 is 4.90 Å². The van der Waals surface area contributed by atoms with Crippen molar-refractivity contribution >= 4 is 34.8 Å². The number of hydrogen-bond acceptors (Lipinski definition) is 2. The zero-order valence-corrected chi connectivity index (χ0v) is 12.7. The number of anilines is 1. The van der Waals surface area contributed by atoms with Gasteiger partial charge in [-0.25, -0.2) is 0 Å².